The molecule has 4 rings (SSSR count). The second-order valence-corrected chi connectivity index (χ2v) is 11.9. The van der Waals surface area contributed by atoms with E-state index in [-0.39, 0.29) is 0 Å². The van der Waals surface area contributed by atoms with Crippen molar-refractivity contribution in [3.8, 4) is 0 Å². The van der Waals surface area contributed by atoms with Gasteiger partial charge in [0.25, 0.3) is 0 Å². The highest BCUT2D eigenvalue weighted by atomic mass is 32.3. The maximum Gasteiger partial charge on any atom is 0.0873 e. The standard InChI is InChI=1S/C15H12S6/c1-4-10(16-7-1)13-19-14(11-5-2-8-17-11)21-15(20-13)12-6-3-9-18-12/h1-9,13-15H. The number of thioether (sulfide) groups is 3. The van der Waals surface area contributed by atoms with E-state index in [9.17, 15) is 0 Å². The van der Waals surface area contributed by atoms with Gasteiger partial charge in [0.05, 0.1) is 13.7 Å². The summed E-state index contributed by atoms with van der Waals surface area (Å²) in [4.78, 5) is 4.48. The number of hydrogen-bond acceptors (Lipinski definition) is 6. The molecule has 1 fully saturated rings. The molecule has 0 bridgehead atoms. The highest BCUT2D eigenvalue weighted by Gasteiger charge is 2.34. The van der Waals surface area contributed by atoms with Crippen molar-refractivity contribution >= 4 is 69.3 Å². The van der Waals surface area contributed by atoms with Gasteiger partial charge < -0.3 is 0 Å². The fourth-order valence-electron chi connectivity index (χ4n) is 2.11. The van der Waals surface area contributed by atoms with Gasteiger partial charge in [0.1, 0.15) is 0 Å². The molecule has 0 saturated carbocycles. The summed E-state index contributed by atoms with van der Waals surface area (Å²) < 4.78 is 1.64. The van der Waals surface area contributed by atoms with E-state index in [0.717, 1.165) is 0 Å². The van der Waals surface area contributed by atoms with Crippen LogP contribution in [0.1, 0.15) is 28.4 Å². The van der Waals surface area contributed by atoms with E-state index < -0.39 is 0 Å². The minimum atomic E-state index is 0.547. The average Bonchev–Trinajstić information content (AvgIpc) is 3.29. The van der Waals surface area contributed by atoms with Gasteiger partial charge in [-0.1, -0.05) is 18.2 Å². The highest BCUT2D eigenvalue weighted by Crippen LogP contribution is 2.67. The number of thiophene rings is 3. The lowest BCUT2D eigenvalue weighted by molar-refractivity contribution is 1.34. The Morgan fingerprint density at radius 2 is 0.857 bits per heavy atom. The van der Waals surface area contributed by atoms with Gasteiger partial charge in [-0.05, 0) is 34.3 Å². The molecule has 0 nitrogen and oxygen atoms in total. The van der Waals surface area contributed by atoms with Crippen molar-refractivity contribution in [3.63, 3.8) is 0 Å². The molecule has 3 aromatic rings. The van der Waals surface area contributed by atoms with Crippen LogP contribution in [0, 0.1) is 0 Å². The van der Waals surface area contributed by atoms with Crippen LogP contribution in [-0.4, -0.2) is 0 Å². The van der Waals surface area contributed by atoms with E-state index in [2.05, 4.69) is 87.8 Å². The van der Waals surface area contributed by atoms with Gasteiger partial charge in [-0.15, -0.1) is 69.3 Å². The summed E-state index contributed by atoms with van der Waals surface area (Å²) in [6, 6.07) is 13.3. The van der Waals surface area contributed by atoms with Gasteiger partial charge in [0, 0.05) is 14.6 Å². The third-order valence-electron chi connectivity index (χ3n) is 3.07. The average molecular weight is 385 g/mol. The molecule has 21 heavy (non-hydrogen) atoms. The van der Waals surface area contributed by atoms with E-state index in [0.29, 0.717) is 13.7 Å². The topological polar surface area (TPSA) is 0 Å². The monoisotopic (exact) mass is 384 g/mol. The van der Waals surface area contributed by atoms with Crippen LogP contribution in [0.5, 0.6) is 0 Å². The Morgan fingerprint density at radius 1 is 0.524 bits per heavy atom. The second kappa shape index (κ2) is 6.72. The van der Waals surface area contributed by atoms with Crippen molar-refractivity contribution in [1.29, 1.82) is 0 Å². The van der Waals surface area contributed by atoms with Gasteiger partial charge in [-0.2, -0.15) is 0 Å². The maximum atomic E-state index is 2.28. The van der Waals surface area contributed by atoms with Gasteiger partial charge in [-0.3, -0.25) is 0 Å². The zero-order valence-corrected chi connectivity index (χ0v) is 15.8. The van der Waals surface area contributed by atoms with E-state index in [4.69, 9.17) is 0 Å². The lowest BCUT2D eigenvalue weighted by atomic mass is 10.5. The smallest absolute Gasteiger partial charge is 0.0873 e. The fraction of sp³-hybridized carbons (Fsp3) is 0.200. The van der Waals surface area contributed by atoms with Crippen LogP contribution in [0.2, 0.25) is 0 Å². The molecule has 3 aromatic heterocycles. The Balaban J connectivity index is 1.64. The molecule has 0 radical (unpaired) electrons. The van der Waals surface area contributed by atoms with E-state index in [1.807, 2.05) is 34.0 Å². The Morgan fingerprint density at radius 3 is 1.10 bits per heavy atom. The maximum absolute atomic E-state index is 2.28. The normalized spacial score (nSPS) is 26.0. The summed E-state index contributed by atoms with van der Waals surface area (Å²) in [5.41, 5.74) is 0. The molecule has 108 valence electrons. The van der Waals surface area contributed by atoms with E-state index >= 15 is 0 Å². The van der Waals surface area contributed by atoms with Crippen molar-refractivity contribution in [3.05, 3.63) is 67.2 Å². The molecule has 0 amide bonds. The largest absolute Gasteiger partial charge is 0.147 e. The van der Waals surface area contributed by atoms with Crippen LogP contribution in [0.3, 0.4) is 0 Å². The van der Waals surface area contributed by atoms with Gasteiger partial charge >= 0.3 is 0 Å². The van der Waals surface area contributed by atoms with Crippen molar-refractivity contribution in [2.24, 2.45) is 0 Å². The molecule has 0 N–H and O–H groups in total. The van der Waals surface area contributed by atoms with E-state index in [1.54, 1.807) is 0 Å². The van der Waals surface area contributed by atoms with Crippen LogP contribution in [-0.2, 0) is 0 Å². The molecule has 6 heteroatoms. The molecular formula is C15H12S6. The number of rotatable bonds is 3. The van der Waals surface area contributed by atoms with Crippen molar-refractivity contribution in [2.45, 2.75) is 13.7 Å². The summed E-state index contributed by atoms with van der Waals surface area (Å²) >= 11 is 11.9. The first-order valence-corrected chi connectivity index (χ1v) is 11.9. The quantitative estimate of drug-likeness (QED) is 0.459. The van der Waals surface area contributed by atoms with Crippen LogP contribution < -0.4 is 0 Å². The van der Waals surface area contributed by atoms with Gasteiger partial charge in [-0.25, -0.2) is 0 Å². The third kappa shape index (κ3) is 3.26. The van der Waals surface area contributed by atoms with Crippen molar-refractivity contribution in [2.75, 3.05) is 0 Å². The Bertz CT molecular complexity index is 553. The fourth-order valence-corrected chi connectivity index (χ4v) is 11.2. The zero-order valence-electron chi connectivity index (χ0n) is 10.9. The minimum absolute atomic E-state index is 0.547. The predicted octanol–water partition coefficient (Wildman–Crippen LogP) is 7.48. The minimum Gasteiger partial charge on any atom is -0.147 e. The molecule has 0 aliphatic carbocycles. The van der Waals surface area contributed by atoms with Crippen LogP contribution in [0.25, 0.3) is 0 Å². The first-order chi connectivity index (χ1) is 10.4. The summed E-state index contributed by atoms with van der Waals surface area (Å²) in [6.45, 7) is 0. The third-order valence-corrected chi connectivity index (χ3v) is 11.8. The Hall–Kier alpha value is 0.150. The lowest BCUT2D eigenvalue weighted by Gasteiger charge is -2.32. The first-order valence-electron chi connectivity index (χ1n) is 6.47. The molecule has 1 aliphatic heterocycles. The lowest BCUT2D eigenvalue weighted by Crippen LogP contribution is -2.02. The molecule has 4 heterocycles. The summed E-state index contributed by atoms with van der Waals surface area (Å²) in [5.74, 6) is 0. The molecule has 1 aliphatic rings. The van der Waals surface area contributed by atoms with Crippen LogP contribution >= 0.6 is 69.3 Å². The predicted molar refractivity (Wildman–Crippen MR) is 104 cm³/mol. The number of hydrogen-bond donors (Lipinski definition) is 0. The SMILES string of the molecule is c1csc(C2SC(c3cccs3)SC(c3cccs3)S2)c1. The van der Waals surface area contributed by atoms with Gasteiger partial charge in [0.2, 0.25) is 0 Å². The van der Waals surface area contributed by atoms with Crippen molar-refractivity contribution in [1.82, 2.24) is 0 Å². The van der Waals surface area contributed by atoms with Crippen molar-refractivity contribution < 1.29 is 0 Å². The zero-order chi connectivity index (χ0) is 14.1. The molecule has 0 aromatic carbocycles. The highest BCUT2D eigenvalue weighted by molar-refractivity contribution is 8.32. The van der Waals surface area contributed by atoms with E-state index in [1.165, 1.54) is 14.6 Å². The Kier molecular flexibility index (Phi) is 4.71. The first kappa shape index (κ1) is 14.7. The summed E-state index contributed by atoms with van der Waals surface area (Å²) in [7, 11) is 0. The molecule has 1 saturated heterocycles. The molecular weight excluding hydrogens is 373 g/mol. The summed E-state index contributed by atoms with van der Waals surface area (Å²) in [5, 5.41) is 6.58. The van der Waals surface area contributed by atoms with Crippen LogP contribution in [0.15, 0.2) is 52.5 Å². The van der Waals surface area contributed by atoms with Crippen LogP contribution in [0.4, 0.5) is 0 Å². The molecule has 0 atom stereocenters. The summed E-state index contributed by atoms with van der Waals surface area (Å²) in [6.07, 6.45) is 0. The van der Waals surface area contributed by atoms with Gasteiger partial charge in [0.15, 0.2) is 0 Å². The molecule has 0 unspecified atom stereocenters. The molecule has 0 spiro atoms. The Labute approximate surface area is 149 Å². The second-order valence-electron chi connectivity index (χ2n) is 4.45.